The molecule has 2 heterocycles. The molecule has 2 atom stereocenters. The van der Waals surface area contributed by atoms with E-state index in [9.17, 15) is 0 Å². The molecule has 4 nitrogen and oxygen atoms in total. The Morgan fingerprint density at radius 2 is 2.18 bits per heavy atom. The maximum absolute atomic E-state index is 9.08. The summed E-state index contributed by atoms with van der Waals surface area (Å²) in [7, 11) is 1.99. The van der Waals surface area contributed by atoms with Gasteiger partial charge in [0.25, 0.3) is 0 Å². The molecule has 0 saturated carbocycles. The van der Waals surface area contributed by atoms with E-state index in [2.05, 4.69) is 43.3 Å². The lowest BCUT2D eigenvalue weighted by molar-refractivity contribution is 0.757. The van der Waals surface area contributed by atoms with Gasteiger partial charge in [0.05, 0.1) is 22.6 Å². The maximum Gasteiger partial charge on any atom is 0.128 e. The molecule has 1 aliphatic heterocycles. The van der Waals surface area contributed by atoms with Crippen molar-refractivity contribution in [2.24, 2.45) is 7.05 Å². The van der Waals surface area contributed by atoms with Crippen LogP contribution in [0, 0.1) is 25.2 Å². The first-order valence-corrected chi connectivity index (χ1v) is 8.39. The lowest BCUT2D eigenvalue weighted by atomic mass is 9.98. The van der Waals surface area contributed by atoms with E-state index in [4.69, 9.17) is 5.26 Å². The van der Waals surface area contributed by atoms with Gasteiger partial charge in [-0.25, -0.2) is 0 Å². The van der Waals surface area contributed by atoms with Crippen LogP contribution in [0.4, 0.5) is 5.82 Å². The first-order chi connectivity index (χ1) is 10.5. The Balaban J connectivity index is 2.15. The average molecular weight is 312 g/mol. The van der Waals surface area contributed by atoms with Crippen molar-refractivity contribution in [2.45, 2.75) is 31.3 Å². The van der Waals surface area contributed by atoms with E-state index in [1.54, 1.807) is 0 Å². The lowest BCUT2D eigenvalue weighted by Crippen LogP contribution is -2.13. The minimum Gasteiger partial charge on any atom is -0.369 e. The monoisotopic (exact) mass is 312 g/mol. The maximum atomic E-state index is 9.08. The van der Waals surface area contributed by atoms with E-state index in [1.165, 1.54) is 16.7 Å². The zero-order valence-corrected chi connectivity index (χ0v) is 14.2. The largest absolute Gasteiger partial charge is 0.369 e. The van der Waals surface area contributed by atoms with E-state index in [1.807, 2.05) is 35.6 Å². The number of hydrogen-bond donors (Lipinski definition) is 1. The molecule has 0 saturated heterocycles. The van der Waals surface area contributed by atoms with Gasteiger partial charge in [-0.3, -0.25) is 4.68 Å². The van der Waals surface area contributed by atoms with Gasteiger partial charge in [0.1, 0.15) is 5.82 Å². The van der Waals surface area contributed by atoms with Gasteiger partial charge in [0.15, 0.2) is 0 Å². The van der Waals surface area contributed by atoms with Crippen molar-refractivity contribution < 1.29 is 0 Å². The Morgan fingerprint density at radius 1 is 1.41 bits per heavy atom. The van der Waals surface area contributed by atoms with Crippen LogP contribution in [0.15, 0.2) is 18.2 Å². The minimum absolute atomic E-state index is 0.251. The highest BCUT2D eigenvalue weighted by molar-refractivity contribution is 8.00. The topological polar surface area (TPSA) is 53.6 Å². The van der Waals surface area contributed by atoms with Gasteiger partial charge in [-0.1, -0.05) is 13.0 Å². The van der Waals surface area contributed by atoms with Crippen molar-refractivity contribution in [3.05, 3.63) is 46.1 Å². The number of nitrogens with zero attached hydrogens (tertiary/aromatic N) is 3. The highest BCUT2D eigenvalue weighted by Gasteiger charge is 2.30. The molecule has 22 heavy (non-hydrogen) atoms. The Morgan fingerprint density at radius 3 is 2.86 bits per heavy atom. The molecule has 114 valence electrons. The van der Waals surface area contributed by atoms with Crippen molar-refractivity contribution in [3.8, 4) is 6.07 Å². The van der Waals surface area contributed by atoms with E-state index < -0.39 is 0 Å². The average Bonchev–Trinajstić information content (AvgIpc) is 2.66. The Labute approximate surface area is 135 Å². The van der Waals surface area contributed by atoms with Crippen LogP contribution >= 0.6 is 11.8 Å². The van der Waals surface area contributed by atoms with Crippen LogP contribution in [0.2, 0.25) is 0 Å². The Hall–Kier alpha value is -1.93. The lowest BCUT2D eigenvalue weighted by Gasteiger charge is -2.20. The van der Waals surface area contributed by atoms with Gasteiger partial charge in [-0.15, -0.1) is 11.8 Å². The molecule has 0 amide bonds. The summed E-state index contributed by atoms with van der Waals surface area (Å²) >= 11 is 1.96. The van der Waals surface area contributed by atoms with Crippen LogP contribution < -0.4 is 5.32 Å². The number of aryl methyl sites for hydroxylation is 3. The first-order valence-electron chi connectivity index (χ1n) is 7.44. The van der Waals surface area contributed by atoms with Gasteiger partial charge in [-0.05, 0) is 37.1 Å². The number of hydrogen-bond acceptors (Lipinski definition) is 4. The zero-order valence-electron chi connectivity index (χ0n) is 13.3. The number of anilines is 1. The van der Waals surface area contributed by atoms with Crippen LogP contribution in [0.5, 0.6) is 0 Å². The van der Waals surface area contributed by atoms with E-state index >= 15 is 0 Å². The summed E-state index contributed by atoms with van der Waals surface area (Å²) in [6.07, 6.45) is 0. The van der Waals surface area contributed by atoms with Crippen molar-refractivity contribution in [2.75, 3.05) is 11.9 Å². The molecule has 0 unspecified atom stereocenters. The van der Waals surface area contributed by atoms with Crippen molar-refractivity contribution in [1.29, 1.82) is 5.26 Å². The third kappa shape index (κ3) is 2.48. The quantitative estimate of drug-likeness (QED) is 0.875. The molecular weight excluding hydrogens is 292 g/mol. The van der Waals surface area contributed by atoms with Crippen LogP contribution in [0.1, 0.15) is 40.1 Å². The standard InChI is InChI=1S/C17H20N4S/c1-10-7-13(8-18)5-6-14(10)16-15-12(3)20-21(4)17(15)19-9-11(2)22-16/h5-7,11,16,19H,9H2,1-4H3/t11-,16-/m0/s1. The minimum atomic E-state index is 0.251. The molecular formula is C17H20N4S. The van der Waals surface area contributed by atoms with Crippen molar-refractivity contribution in [1.82, 2.24) is 9.78 Å². The third-order valence-electron chi connectivity index (χ3n) is 4.14. The summed E-state index contributed by atoms with van der Waals surface area (Å²) < 4.78 is 1.94. The summed E-state index contributed by atoms with van der Waals surface area (Å²) in [6.45, 7) is 7.34. The van der Waals surface area contributed by atoms with Crippen molar-refractivity contribution in [3.63, 3.8) is 0 Å². The van der Waals surface area contributed by atoms with Gasteiger partial charge >= 0.3 is 0 Å². The number of nitriles is 1. The molecule has 0 aliphatic carbocycles. The van der Waals surface area contributed by atoms with Crippen LogP contribution in [0.3, 0.4) is 0 Å². The third-order valence-corrected chi connectivity index (χ3v) is 5.53. The second-order valence-corrected chi connectivity index (χ2v) is 7.41. The number of fused-ring (bicyclic) bond motifs is 1. The highest BCUT2D eigenvalue weighted by Crippen LogP contribution is 2.45. The molecule has 2 aromatic rings. The number of aromatic nitrogens is 2. The van der Waals surface area contributed by atoms with Crippen LogP contribution in [-0.4, -0.2) is 21.6 Å². The van der Waals surface area contributed by atoms with Crippen LogP contribution in [0.25, 0.3) is 0 Å². The molecule has 1 aromatic carbocycles. The summed E-state index contributed by atoms with van der Waals surface area (Å²) in [5.41, 5.74) is 5.50. The Kier molecular flexibility index (Phi) is 3.88. The molecule has 0 radical (unpaired) electrons. The van der Waals surface area contributed by atoms with Gasteiger partial charge in [0.2, 0.25) is 0 Å². The molecule has 0 fully saturated rings. The van der Waals surface area contributed by atoms with E-state index in [0.717, 1.165) is 18.1 Å². The fourth-order valence-electron chi connectivity index (χ4n) is 3.06. The summed E-state index contributed by atoms with van der Waals surface area (Å²) in [5, 5.41) is 18.0. The highest BCUT2D eigenvalue weighted by atomic mass is 32.2. The van der Waals surface area contributed by atoms with Crippen molar-refractivity contribution >= 4 is 17.6 Å². The van der Waals surface area contributed by atoms with E-state index in [-0.39, 0.29) is 5.25 Å². The SMILES string of the molecule is Cc1cc(C#N)ccc1[C@@H]1S[C@@H](C)CNc2c1c(C)nn2C. The second kappa shape index (κ2) is 5.69. The number of benzene rings is 1. The summed E-state index contributed by atoms with van der Waals surface area (Å²) in [5.74, 6) is 1.11. The number of thioether (sulfide) groups is 1. The molecule has 5 heteroatoms. The normalized spacial score (nSPS) is 20.7. The smallest absolute Gasteiger partial charge is 0.128 e. The molecule has 0 spiro atoms. The molecule has 1 aliphatic rings. The number of rotatable bonds is 1. The Bertz CT molecular complexity index is 757. The van der Waals surface area contributed by atoms with Crippen LogP contribution in [-0.2, 0) is 7.05 Å². The van der Waals surface area contributed by atoms with Gasteiger partial charge in [0, 0.05) is 24.4 Å². The van der Waals surface area contributed by atoms with Gasteiger partial charge < -0.3 is 5.32 Å². The fraction of sp³-hybridized carbons (Fsp3) is 0.412. The summed E-state index contributed by atoms with van der Waals surface area (Å²) in [4.78, 5) is 0. The fourth-order valence-corrected chi connectivity index (χ4v) is 4.53. The number of nitrogens with one attached hydrogen (secondary N) is 1. The molecule has 3 rings (SSSR count). The zero-order chi connectivity index (χ0) is 15.9. The van der Waals surface area contributed by atoms with E-state index in [0.29, 0.717) is 10.8 Å². The molecule has 0 bridgehead atoms. The van der Waals surface area contributed by atoms with Gasteiger partial charge in [-0.2, -0.15) is 10.4 Å². The summed E-state index contributed by atoms with van der Waals surface area (Å²) in [6, 6.07) is 8.21. The molecule has 1 aromatic heterocycles. The molecule has 1 N–H and O–H groups in total. The first kappa shape index (κ1) is 15.0. The predicted molar refractivity (Wildman–Crippen MR) is 91.2 cm³/mol. The second-order valence-electron chi connectivity index (χ2n) is 5.86. The predicted octanol–water partition coefficient (Wildman–Crippen LogP) is 3.55.